The molecule has 1 aliphatic rings. The quantitative estimate of drug-likeness (QED) is 0.597. The average molecular weight is 326 g/mol. The van der Waals surface area contributed by atoms with Gasteiger partial charge in [0.05, 0.1) is 23.7 Å². The number of rotatable bonds is 3. The molecule has 25 heavy (non-hydrogen) atoms. The number of aryl methyl sites for hydroxylation is 1. The van der Waals surface area contributed by atoms with Crippen molar-refractivity contribution in [2.24, 2.45) is 0 Å². The van der Waals surface area contributed by atoms with Crippen molar-refractivity contribution in [3.63, 3.8) is 0 Å². The summed E-state index contributed by atoms with van der Waals surface area (Å²) in [5.41, 5.74) is 6.92. The van der Waals surface area contributed by atoms with Gasteiger partial charge in [0.1, 0.15) is 0 Å². The highest BCUT2D eigenvalue weighted by atomic mass is 15.3. The standard InChI is InChI=1S/C21H18N4/c1-13-8-18(15-4-5-15)19(17-6-7-23-21(13)17)12-25-11-16-3-2-14(10-22)9-20(16)24-25/h2-3,6-9,11,15,23H,4-5,12H2,1H3. The van der Waals surface area contributed by atoms with Crippen LogP contribution in [-0.2, 0) is 6.54 Å². The number of nitriles is 1. The maximum atomic E-state index is 9.08. The summed E-state index contributed by atoms with van der Waals surface area (Å²) < 4.78 is 2.01. The Hall–Kier alpha value is -3.06. The van der Waals surface area contributed by atoms with Crippen molar-refractivity contribution in [1.29, 1.82) is 5.26 Å². The molecule has 4 aromatic rings. The number of H-pyrrole nitrogens is 1. The molecule has 1 saturated carbocycles. The first kappa shape index (κ1) is 14.3. The van der Waals surface area contributed by atoms with Gasteiger partial charge in [0, 0.05) is 28.7 Å². The van der Waals surface area contributed by atoms with E-state index in [4.69, 9.17) is 10.4 Å². The molecule has 1 fully saturated rings. The van der Waals surface area contributed by atoms with E-state index in [-0.39, 0.29) is 0 Å². The van der Waals surface area contributed by atoms with Crippen LogP contribution < -0.4 is 0 Å². The van der Waals surface area contributed by atoms with Crippen LogP contribution in [0.25, 0.3) is 21.8 Å². The molecule has 122 valence electrons. The number of aromatic amines is 1. The van der Waals surface area contributed by atoms with Crippen molar-refractivity contribution < 1.29 is 0 Å². The molecular weight excluding hydrogens is 308 g/mol. The van der Waals surface area contributed by atoms with Crippen molar-refractivity contribution >= 4 is 21.8 Å². The summed E-state index contributed by atoms with van der Waals surface area (Å²) >= 11 is 0. The Morgan fingerprint density at radius 2 is 2.16 bits per heavy atom. The zero-order valence-electron chi connectivity index (χ0n) is 14.1. The largest absolute Gasteiger partial charge is 0.361 e. The Balaban J connectivity index is 1.64. The topological polar surface area (TPSA) is 57.4 Å². The third-order valence-corrected chi connectivity index (χ3v) is 5.21. The van der Waals surface area contributed by atoms with Crippen LogP contribution in [0, 0.1) is 18.3 Å². The molecule has 0 radical (unpaired) electrons. The molecule has 0 unspecified atom stereocenters. The van der Waals surface area contributed by atoms with Gasteiger partial charge in [-0.3, -0.25) is 4.68 Å². The fourth-order valence-electron chi connectivity index (χ4n) is 3.81. The number of benzene rings is 2. The summed E-state index contributed by atoms with van der Waals surface area (Å²) in [6.45, 7) is 2.94. The molecule has 1 N–H and O–H groups in total. The summed E-state index contributed by atoms with van der Waals surface area (Å²) in [5.74, 6) is 0.697. The van der Waals surface area contributed by atoms with Gasteiger partial charge in [0.2, 0.25) is 0 Å². The highest BCUT2D eigenvalue weighted by molar-refractivity contribution is 5.87. The second-order valence-electron chi connectivity index (χ2n) is 7.01. The van der Waals surface area contributed by atoms with Crippen molar-refractivity contribution in [1.82, 2.24) is 14.8 Å². The minimum atomic E-state index is 0.653. The fraction of sp³-hybridized carbons (Fsp3) is 0.238. The maximum absolute atomic E-state index is 9.08. The van der Waals surface area contributed by atoms with E-state index in [0.29, 0.717) is 11.5 Å². The fourth-order valence-corrected chi connectivity index (χ4v) is 3.81. The predicted octanol–water partition coefficient (Wildman–Crippen LogP) is 4.62. The lowest BCUT2D eigenvalue weighted by atomic mass is 9.96. The Labute approximate surface area is 145 Å². The summed E-state index contributed by atoms with van der Waals surface area (Å²) in [7, 11) is 0. The molecule has 0 spiro atoms. The summed E-state index contributed by atoms with van der Waals surface area (Å²) in [6, 6.07) is 12.4. The molecule has 0 saturated heterocycles. The molecule has 0 atom stereocenters. The third-order valence-electron chi connectivity index (χ3n) is 5.21. The monoisotopic (exact) mass is 326 g/mol. The molecule has 4 heteroatoms. The van der Waals surface area contributed by atoms with Gasteiger partial charge in [-0.25, -0.2) is 0 Å². The van der Waals surface area contributed by atoms with Gasteiger partial charge in [-0.15, -0.1) is 0 Å². The van der Waals surface area contributed by atoms with Crippen LogP contribution in [0.15, 0.2) is 42.7 Å². The van der Waals surface area contributed by atoms with Crippen LogP contribution in [-0.4, -0.2) is 14.8 Å². The van der Waals surface area contributed by atoms with Crippen LogP contribution in [0.4, 0.5) is 0 Å². The minimum absolute atomic E-state index is 0.653. The van der Waals surface area contributed by atoms with E-state index >= 15 is 0 Å². The predicted molar refractivity (Wildman–Crippen MR) is 98.6 cm³/mol. The van der Waals surface area contributed by atoms with Crippen LogP contribution in [0.3, 0.4) is 0 Å². The van der Waals surface area contributed by atoms with Gasteiger partial charge in [0.15, 0.2) is 0 Å². The van der Waals surface area contributed by atoms with E-state index in [2.05, 4.69) is 36.3 Å². The number of hydrogen-bond acceptors (Lipinski definition) is 2. The number of nitrogens with zero attached hydrogens (tertiary/aromatic N) is 3. The number of fused-ring (bicyclic) bond motifs is 2. The summed E-state index contributed by atoms with van der Waals surface area (Å²) in [6.07, 6.45) is 6.67. The molecule has 2 aromatic heterocycles. The normalized spacial score (nSPS) is 14.2. The van der Waals surface area contributed by atoms with Crippen molar-refractivity contribution in [2.75, 3.05) is 0 Å². The first-order valence-corrected chi connectivity index (χ1v) is 8.70. The van der Waals surface area contributed by atoms with Crippen LogP contribution in [0.2, 0.25) is 0 Å². The Bertz CT molecular complexity index is 1150. The van der Waals surface area contributed by atoms with Crippen LogP contribution in [0.1, 0.15) is 41.0 Å². The molecule has 1 aliphatic carbocycles. The lowest BCUT2D eigenvalue weighted by Crippen LogP contribution is -2.04. The number of hydrogen-bond donors (Lipinski definition) is 1. The average Bonchev–Trinajstić information content (AvgIpc) is 3.18. The van der Waals surface area contributed by atoms with Gasteiger partial charge in [-0.05, 0) is 66.6 Å². The van der Waals surface area contributed by atoms with Crippen molar-refractivity contribution in [3.05, 3.63) is 65.0 Å². The molecule has 0 bridgehead atoms. The van der Waals surface area contributed by atoms with E-state index in [1.165, 1.54) is 40.4 Å². The molecule has 5 rings (SSSR count). The van der Waals surface area contributed by atoms with E-state index < -0.39 is 0 Å². The van der Waals surface area contributed by atoms with E-state index in [0.717, 1.165) is 17.4 Å². The zero-order chi connectivity index (χ0) is 17.0. The summed E-state index contributed by atoms with van der Waals surface area (Å²) in [5, 5.41) is 16.2. The maximum Gasteiger partial charge on any atom is 0.0992 e. The second kappa shape index (κ2) is 5.22. The first-order valence-electron chi connectivity index (χ1n) is 8.70. The van der Waals surface area contributed by atoms with Gasteiger partial charge in [-0.2, -0.15) is 10.4 Å². The van der Waals surface area contributed by atoms with E-state index in [1.807, 2.05) is 29.1 Å². The summed E-state index contributed by atoms with van der Waals surface area (Å²) in [4.78, 5) is 3.38. The van der Waals surface area contributed by atoms with Crippen molar-refractivity contribution in [3.8, 4) is 6.07 Å². The first-order chi connectivity index (χ1) is 12.2. The minimum Gasteiger partial charge on any atom is -0.361 e. The SMILES string of the molecule is Cc1cc(C2CC2)c(Cn2cc3ccc(C#N)cc3n2)c2cc[nH]c12. The van der Waals surface area contributed by atoms with Gasteiger partial charge >= 0.3 is 0 Å². The van der Waals surface area contributed by atoms with Gasteiger partial charge in [-0.1, -0.05) is 6.07 Å². The third kappa shape index (κ3) is 2.32. The van der Waals surface area contributed by atoms with Crippen LogP contribution >= 0.6 is 0 Å². The highest BCUT2D eigenvalue weighted by Crippen LogP contribution is 2.44. The molecule has 4 nitrogen and oxygen atoms in total. The molecule has 0 amide bonds. The smallest absolute Gasteiger partial charge is 0.0992 e. The van der Waals surface area contributed by atoms with Gasteiger partial charge in [0.25, 0.3) is 0 Å². The Morgan fingerprint density at radius 1 is 1.28 bits per heavy atom. The Kier molecular flexibility index (Phi) is 2.98. The number of aromatic nitrogens is 3. The highest BCUT2D eigenvalue weighted by Gasteiger charge is 2.28. The number of nitrogens with one attached hydrogen (secondary N) is 1. The second-order valence-corrected chi connectivity index (χ2v) is 7.01. The van der Waals surface area contributed by atoms with E-state index in [1.54, 1.807) is 0 Å². The zero-order valence-corrected chi connectivity index (χ0v) is 14.1. The Morgan fingerprint density at radius 3 is 2.96 bits per heavy atom. The molecule has 2 aromatic carbocycles. The molecule has 2 heterocycles. The lowest BCUT2D eigenvalue weighted by Gasteiger charge is -2.13. The molecule has 0 aliphatic heterocycles. The van der Waals surface area contributed by atoms with E-state index in [9.17, 15) is 0 Å². The van der Waals surface area contributed by atoms with Crippen LogP contribution in [0.5, 0.6) is 0 Å². The lowest BCUT2D eigenvalue weighted by molar-refractivity contribution is 0.693. The molecular formula is C21H18N4. The van der Waals surface area contributed by atoms with Crippen molar-refractivity contribution in [2.45, 2.75) is 32.2 Å². The van der Waals surface area contributed by atoms with Gasteiger partial charge < -0.3 is 4.98 Å².